The van der Waals surface area contributed by atoms with Crippen molar-refractivity contribution >= 4 is 12.0 Å². The van der Waals surface area contributed by atoms with E-state index in [-0.39, 0.29) is 6.03 Å². The zero-order chi connectivity index (χ0) is 17.0. The molecule has 1 saturated heterocycles. The van der Waals surface area contributed by atoms with E-state index in [1.54, 1.807) is 18.0 Å². The van der Waals surface area contributed by atoms with Gasteiger partial charge in [-0.25, -0.2) is 9.59 Å². The van der Waals surface area contributed by atoms with Crippen molar-refractivity contribution in [3.8, 4) is 0 Å². The minimum absolute atomic E-state index is 0.332. The summed E-state index contributed by atoms with van der Waals surface area (Å²) < 4.78 is 4.58. The fraction of sp³-hybridized carbons (Fsp3) is 0.562. The van der Waals surface area contributed by atoms with Crippen molar-refractivity contribution in [2.75, 3.05) is 20.2 Å². The highest BCUT2D eigenvalue weighted by Gasteiger charge is 2.36. The van der Waals surface area contributed by atoms with Crippen molar-refractivity contribution in [2.24, 2.45) is 0 Å². The van der Waals surface area contributed by atoms with Crippen LogP contribution in [-0.4, -0.2) is 53.2 Å². The molecule has 23 heavy (non-hydrogen) atoms. The van der Waals surface area contributed by atoms with Crippen molar-refractivity contribution in [3.63, 3.8) is 0 Å². The van der Waals surface area contributed by atoms with E-state index in [1.165, 1.54) is 7.11 Å². The molecule has 0 spiro atoms. The second-order valence-corrected chi connectivity index (χ2v) is 5.93. The van der Waals surface area contributed by atoms with Crippen molar-refractivity contribution < 1.29 is 19.4 Å². The van der Waals surface area contributed by atoms with E-state index in [1.807, 2.05) is 19.1 Å². The number of rotatable bonds is 3. The number of carbonyl (C=O) groups excluding carboxylic acids is 2. The summed E-state index contributed by atoms with van der Waals surface area (Å²) in [4.78, 5) is 29.4. The molecule has 1 aromatic heterocycles. The van der Waals surface area contributed by atoms with E-state index in [0.717, 1.165) is 5.56 Å². The smallest absolute Gasteiger partial charge is 0.328 e. The molecule has 1 aromatic rings. The summed E-state index contributed by atoms with van der Waals surface area (Å²) in [6.07, 6.45) is 2.54. The van der Waals surface area contributed by atoms with Crippen LogP contribution in [0.3, 0.4) is 0 Å². The van der Waals surface area contributed by atoms with Crippen molar-refractivity contribution in [3.05, 3.63) is 29.6 Å². The predicted octanol–water partition coefficient (Wildman–Crippen LogP) is 0.945. The summed E-state index contributed by atoms with van der Waals surface area (Å²) in [5.74, 6) is -0.490. The first-order chi connectivity index (χ1) is 10.9. The van der Waals surface area contributed by atoms with Gasteiger partial charge < -0.3 is 20.1 Å². The lowest BCUT2D eigenvalue weighted by Crippen LogP contribution is -2.52. The van der Waals surface area contributed by atoms with Gasteiger partial charge in [-0.05, 0) is 38.3 Å². The van der Waals surface area contributed by atoms with Crippen LogP contribution < -0.4 is 5.32 Å². The average molecular weight is 321 g/mol. The standard InChI is InChI=1S/C16H23N3O4/c1-11-4-5-13(17-10-11)16(22)6-8-19(9-7-16)15(21)18-12(2)14(20)23-3/h4-5,10,12,22H,6-9H2,1-3H3,(H,18,21)/t12-/m0/s1. The summed E-state index contributed by atoms with van der Waals surface area (Å²) >= 11 is 0. The maximum absolute atomic E-state index is 12.1. The lowest BCUT2D eigenvalue weighted by atomic mass is 9.87. The lowest BCUT2D eigenvalue weighted by Gasteiger charge is -2.38. The summed E-state index contributed by atoms with van der Waals surface area (Å²) in [6, 6.07) is 2.70. The van der Waals surface area contributed by atoms with Crippen LogP contribution in [0.15, 0.2) is 18.3 Å². The number of aliphatic hydroxyl groups is 1. The number of urea groups is 1. The second-order valence-electron chi connectivity index (χ2n) is 5.93. The number of carbonyl (C=O) groups is 2. The van der Waals surface area contributed by atoms with Crippen LogP contribution in [0.5, 0.6) is 0 Å². The molecule has 1 atom stereocenters. The molecular formula is C16H23N3O4. The van der Waals surface area contributed by atoms with Gasteiger partial charge >= 0.3 is 12.0 Å². The molecule has 2 N–H and O–H groups in total. The van der Waals surface area contributed by atoms with Gasteiger partial charge in [0.1, 0.15) is 11.6 Å². The summed E-state index contributed by atoms with van der Waals surface area (Å²) in [5.41, 5.74) is 0.649. The zero-order valence-electron chi connectivity index (χ0n) is 13.7. The van der Waals surface area contributed by atoms with Crippen LogP contribution >= 0.6 is 0 Å². The van der Waals surface area contributed by atoms with Gasteiger partial charge in [0.25, 0.3) is 0 Å². The van der Waals surface area contributed by atoms with E-state index in [0.29, 0.717) is 31.6 Å². The Balaban J connectivity index is 1.93. The van der Waals surface area contributed by atoms with E-state index in [4.69, 9.17) is 0 Å². The molecule has 1 aliphatic heterocycles. The Morgan fingerprint density at radius 2 is 2.04 bits per heavy atom. The molecule has 0 unspecified atom stereocenters. The highest BCUT2D eigenvalue weighted by atomic mass is 16.5. The first-order valence-corrected chi connectivity index (χ1v) is 7.64. The maximum Gasteiger partial charge on any atom is 0.328 e. The van der Waals surface area contributed by atoms with Crippen LogP contribution in [0.1, 0.15) is 31.0 Å². The van der Waals surface area contributed by atoms with Gasteiger partial charge in [0, 0.05) is 19.3 Å². The molecule has 0 radical (unpaired) electrons. The van der Waals surface area contributed by atoms with Gasteiger partial charge in [0.15, 0.2) is 0 Å². The van der Waals surface area contributed by atoms with Crippen molar-refractivity contribution in [1.29, 1.82) is 0 Å². The monoisotopic (exact) mass is 321 g/mol. The zero-order valence-corrected chi connectivity index (χ0v) is 13.7. The van der Waals surface area contributed by atoms with E-state index >= 15 is 0 Å². The van der Waals surface area contributed by atoms with Gasteiger partial charge in [0.2, 0.25) is 0 Å². The Bertz CT molecular complexity index is 565. The summed E-state index contributed by atoms with van der Waals surface area (Å²) in [7, 11) is 1.28. The number of pyridine rings is 1. The quantitative estimate of drug-likeness (QED) is 0.809. The number of aromatic nitrogens is 1. The molecule has 2 amide bonds. The normalized spacial score (nSPS) is 18.2. The van der Waals surface area contributed by atoms with Crippen LogP contribution in [0.2, 0.25) is 0 Å². The van der Waals surface area contributed by atoms with Gasteiger partial charge in [-0.1, -0.05) is 6.07 Å². The Labute approximate surface area is 135 Å². The molecular weight excluding hydrogens is 298 g/mol. The van der Waals surface area contributed by atoms with Crippen molar-refractivity contribution in [2.45, 2.75) is 38.3 Å². The molecule has 7 nitrogen and oxygen atoms in total. The number of hydrogen-bond acceptors (Lipinski definition) is 5. The highest BCUT2D eigenvalue weighted by Crippen LogP contribution is 2.31. The molecule has 1 fully saturated rings. The number of aryl methyl sites for hydroxylation is 1. The lowest BCUT2D eigenvalue weighted by molar-refractivity contribution is -0.142. The third-order valence-corrected chi connectivity index (χ3v) is 4.16. The number of nitrogens with one attached hydrogen (secondary N) is 1. The van der Waals surface area contributed by atoms with E-state index in [9.17, 15) is 14.7 Å². The fourth-order valence-electron chi connectivity index (χ4n) is 2.59. The predicted molar refractivity (Wildman–Crippen MR) is 83.7 cm³/mol. The highest BCUT2D eigenvalue weighted by molar-refractivity contribution is 5.83. The Kier molecular flexibility index (Phi) is 5.20. The second kappa shape index (κ2) is 6.95. The molecule has 0 saturated carbocycles. The van der Waals surface area contributed by atoms with Crippen LogP contribution in [0.4, 0.5) is 4.79 Å². The Morgan fingerprint density at radius 3 is 2.57 bits per heavy atom. The average Bonchev–Trinajstić information content (AvgIpc) is 2.55. The van der Waals surface area contributed by atoms with Crippen LogP contribution in [-0.2, 0) is 15.1 Å². The number of amides is 2. The third-order valence-electron chi connectivity index (χ3n) is 4.16. The molecule has 2 heterocycles. The van der Waals surface area contributed by atoms with Crippen LogP contribution in [0.25, 0.3) is 0 Å². The minimum atomic E-state index is -1.02. The number of methoxy groups -OCH3 is 1. The fourth-order valence-corrected chi connectivity index (χ4v) is 2.59. The number of nitrogens with zero attached hydrogens (tertiary/aromatic N) is 2. The largest absolute Gasteiger partial charge is 0.467 e. The maximum atomic E-state index is 12.1. The first kappa shape index (κ1) is 17.2. The van der Waals surface area contributed by atoms with Crippen LogP contribution in [0, 0.1) is 6.92 Å². The molecule has 0 bridgehead atoms. The van der Waals surface area contributed by atoms with Gasteiger partial charge in [-0.2, -0.15) is 0 Å². The summed E-state index contributed by atoms with van der Waals surface area (Å²) in [5, 5.41) is 13.3. The van der Waals surface area contributed by atoms with Crippen molar-refractivity contribution in [1.82, 2.24) is 15.2 Å². The van der Waals surface area contributed by atoms with Gasteiger partial charge in [0.05, 0.1) is 12.8 Å². The Hall–Kier alpha value is -2.15. The molecule has 1 aliphatic rings. The molecule has 2 rings (SSSR count). The third kappa shape index (κ3) is 3.98. The van der Waals surface area contributed by atoms with E-state index < -0.39 is 17.6 Å². The number of piperidine rings is 1. The molecule has 126 valence electrons. The Morgan fingerprint density at radius 1 is 1.39 bits per heavy atom. The molecule has 7 heteroatoms. The topological polar surface area (TPSA) is 91.8 Å². The first-order valence-electron chi connectivity index (χ1n) is 7.64. The van der Waals surface area contributed by atoms with E-state index in [2.05, 4.69) is 15.0 Å². The number of ether oxygens (including phenoxy) is 1. The van der Waals surface area contributed by atoms with Gasteiger partial charge in [-0.15, -0.1) is 0 Å². The minimum Gasteiger partial charge on any atom is -0.467 e. The molecule has 0 aromatic carbocycles. The van der Waals surface area contributed by atoms with Gasteiger partial charge in [-0.3, -0.25) is 4.98 Å². The number of hydrogen-bond donors (Lipinski definition) is 2. The summed E-state index contributed by atoms with van der Waals surface area (Å²) in [6.45, 7) is 4.30. The molecule has 0 aliphatic carbocycles. The number of esters is 1. The SMILES string of the molecule is COC(=O)[C@H](C)NC(=O)N1CCC(O)(c2ccc(C)cn2)CC1. The number of likely N-dealkylation sites (tertiary alicyclic amines) is 1.